The molecular formula is C50H34N4. The minimum absolute atomic E-state index is 1.10. The lowest BCUT2D eigenvalue weighted by Gasteiger charge is -2.26. The highest BCUT2D eigenvalue weighted by molar-refractivity contribution is 6.18. The highest BCUT2D eigenvalue weighted by Gasteiger charge is 2.19. The van der Waals surface area contributed by atoms with Crippen molar-refractivity contribution in [2.24, 2.45) is 0 Å². The molecule has 0 radical (unpaired) electrons. The van der Waals surface area contributed by atoms with Crippen LogP contribution in [0.1, 0.15) is 0 Å². The monoisotopic (exact) mass is 690 g/mol. The Balaban J connectivity index is 1.04. The quantitative estimate of drug-likeness (QED) is 0.170. The van der Waals surface area contributed by atoms with Crippen LogP contribution in [0.25, 0.3) is 71.6 Å². The average Bonchev–Trinajstić information content (AvgIpc) is 3.93. The second-order valence-corrected chi connectivity index (χ2v) is 13.8. The van der Waals surface area contributed by atoms with Crippen molar-refractivity contribution in [1.29, 1.82) is 0 Å². The van der Waals surface area contributed by atoms with Crippen LogP contribution in [-0.4, -0.2) is 13.7 Å². The van der Waals surface area contributed by atoms with E-state index in [0.29, 0.717) is 0 Å². The molecule has 0 spiro atoms. The van der Waals surface area contributed by atoms with Crippen molar-refractivity contribution in [2.75, 3.05) is 4.90 Å². The van der Waals surface area contributed by atoms with E-state index in [1.807, 2.05) is 0 Å². The largest absolute Gasteiger partial charge is 0.316 e. The molecule has 4 heteroatoms. The van der Waals surface area contributed by atoms with Gasteiger partial charge in [-0.1, -0.05) is 97.1 Å². The van der Waals surface area contributed by atoms with Crippen LogP contribution in [0, 0.1) is 0 Å². The summed E-state index contributed by atoms with van der Waals surface area (Å²) in [5.41, 5.74) is 12.8. The molecule has 0 N–H and O–H groups in total. The smallest absolute Gasteiger partial charge is 0.0635 e. The molecule has 0 aliphatic carbocycles. The maximum absolute atomic E-state index is 2.41. The van der Waals surface area contributed by atoms with Crippen molar-refractivity contribution >= 4 is 71.6 Å². The number of fused-ring (bicyclic) bond motifs is 8. The number of nitrogens with zero attached hydrogens (tertiary/aromatic N) is 4. The third-order valence-electron chi connectivity index (χ3n) is 10.8. The van der Waals surface area contributed by atoms with Crippen molar-refractivity contribution in [3.05, 3.63) is 206 Å². The van der Waals surface area contributed by atoms with Crippen LogP contribution in [0.15, 0.2) is 206 Å². The maximum Gasteiger partial charge on any atom is 0.0635 e. The van der Waals surface area contributed by atoms with E-state index in [1.54, 1.807) is 0 Å². The second kappa shape index (κ2) is 12.1. The molecule has 0 bridgehead atoms. The summed E-state index contributed by atoms with van der Waals surface area (Å²) in [6, 6.07) is 72.0. The lowest BCUT2D eigenvalue weighted by molar-refractivity contribution is 1.12. The van der Waals surface area contributed by atoms with Crippen LogP contribution in [-0.2, 0) is 0 Å². The number of hydrogen-bond acceptors (Lipinski definition) is 1. The van der Waals surface area contributed by atoms with Crippen molar-refractivity contribution in [3.8, 4) is 17.1 Å². The molecule has 0 amide bonds. The Hall–Kier alpha value is -7.30. The first-order valence-electron chi connectivity index (χ1n) is 18.4. The van der Waals surface area contributed by atoms with E-state index in [2.05, 4.69) is 225 Å². The van der Waals surface area contributed by atoms with Crippen molar-refractivity contribution in [2.45, 2.75) is 0 Å². The van der Waals surface area contributed by atoms with Gasteiger partial charge in [0.2, 0.25) is 0 Å². The summed E-state index contributed by atoms with van der Waals surface area (Å²) in [6.45, 7) is 0. The van der Waals surface area contributed by atoms with Crippen LogP contribution >= 0.6 is 0 Å². The molecule has 0 saturated carbocycles. The molecule has 54 heavy (non-hydrogen) atoms. The summed E-state index contributed by atoms with van der Waals surface area (Å²) < 4.78 is 7.08. The zero-order valence-corrected chi connectivity index (χ0v) is 29.4. The standard InChI is InChI=1S/C50H34N4/c1-4-14-36(15-5-1)52(40-28-30-49-45(34-40)42-21-11-12-22-47(42)53(49)37-16-6-2-7-17-37)39-26-24-35(25-27-39)51-33-32-44-46(51)31-29-43-41-20-10-13-23-48(41)54(50(43)44)38-18-8-3-9-19-38/h1-34H. The number of hydrogen-bond donors (Lipinski definition) is 0. The highest BCUT2D eigenvalue weighted by atomic mass is 15.1. The molecule has 4 nitrogen and oxygen atoms in total. The summed E-state index contributed by atoms with van der Waals surface area (Å²) >= 11 is 0. The first kappa shape index (κ1) is 30.3. The van der Waals surface area contributed by atoms with Gasteiger partial charge < -0.3 is 18.6 Å². The van der Waals surface area contributed by atoms with Crippen molar-refractivity contribution < 1.29 is 0 Å². The van der Waals surface area contributed by atoms with Gasteiger partial charge in [-0.15, -0.1) is 0 Å². The molecule has 254 valence electrons. The predicted octanol–water partition coefficient (Wildman–Crippen LogP) is 13.3. The molecule has 8 aromatic carbocycles. The molecular weight excluding hydrogens is 657 g/mol. The number of para-hydroxylation sites is 5. The Labute approximate surface area is 312 Å². The Morgan fingerprint density at radius 2 is 0.815 bits per heavy atom. The first-order chi connectivity index (χ1) is 26.8. The van der Waals surface area contributed by atoms with E-state index in [0.717, 1.165) is 34.1 Å². The predicted molar refractivity (Wildman–Crippen MR) is 227 cm³/mol. The molecule has 0 saturated heterocycles. The zero-order valence-electron chi connectivity index (χ0n) is 29.4. The summed E-state index contributed by atoms with van der Waals surface area (Å²) in [5, 5.41) is 6.21. The summed E-state index contributed by atoms with van der Waals surface area (Å²) in [7, 11) is 0. The number of anilines is 3. The van der Waals surface area contributed by atoms with Crippen LogP contribution in [0.5, 0.6) is 0 Å². The van der Waals surface area contributed by atoms with Gasteiger partial charge in [-0.3, -0.25) is 0 Å². The molecule has 3 heterocycles. The van der Waals surface area contributed by atoms with Gasteiger partial charge in [-0.05, 0) is 103 Å². The minimum Gasteiger partial charge on any atom is -0.316 e. The molecule has 0 aliphatic heterocycles. The van der Waals surface area contributed by atoms with Crippen LogP contribution in [0.3, 0.4) is 0 Å². The van der Waals surface area contributed by atoms with Gasteiger partial charge in [0.25, 0.3) is 0 Å². The second-order valence-electron chi connectivity index (χ2n) is 13.8. The van der Waals surface area contributed by atoms with E-state index in [9.17, 15) is 0 Å². The number of rotatable bonds is 6. The lowest BCUT2D eigenvalue weighted by atomic mass is 10.1. The number of benzene rings is 8. The zero-order chi connectivity index (χ0) is 35.6. The van der Waals surface area contributed by atoms with E-state index in [4.69, 9.17) is 0 Å². The molecule has 3 aromatic heterocycles. The topological polar surface area (TPSA) is 18.0 Å². The molecule has 11 rings (SSSR count). The SMILES string of the molecule is c1ccc(N(c2ccc(-n3ccc4c3ccc3c5ccccc5n(-c5ccccc5)c34)cc2)c2ccc3c(c2)c2ccccc2n3-c2ccccc2)cc1. The highest BCUT2D eigenvalue weighted by Crippen LogP contribution is 2.41. The van der Waals surface area contributed by atoms with Crippen molar-refractivity contribution in [3.63, 3.8) is 0 Å². The van der Waals surface area contributed by atoms with Gasteiger partial charge in [-0.2, -0.15) is 0 Å². The Bertz CT molecular complexity index is 3130. The van der Waals surface area contributed by atoms with Gasteiger partial charge >= 0.3 is 0 Å². The number of aromatic nitrogens is 3. The van der Waals surface area contributed by atoms with Crippen LogP contribution in [0.4, 0.5) is 17.1 Å². The third-order valence-corrected chi connectivity index (χ3v) is 10.8. The molecule has 0 unspecified atom stereocenters. The van der Waals surface area contributed by atoms with Gasteiger partial charge in [0.05, 0.1) is 27.6 Å². The van der Waals surface area contributed by atoms with Crippen LogP contribution in [0.2, 0.25) is 0 Å². The van der Waals surface area contributed by atoms with Gasteiger partial charge in [-0.25, -0.2) is 0 Å². The Morgan fingerprint density at radius 1 is 0.296 bits per heavy atom. The fraction of sp³-hybridized carbons (Fsp3) is 0. The Morgan fingerprint density at radius 3 is 1.52 bits per heavy atom. The molecule has 11 aromatic rings. The maximum atomic E-state index is 2.41. The summed E-state index contributed by atoms with van der Waals surface area (Å²) in [5.74, 6) is 0. The average molecular weight is 691 g/mol. The van der Waals surface area contributed by atoms with Crippen LogP contribution < -0.4 is 4.90 Å². The van der Waals surface area contributed by atoms with Crippen molar-refractivity contribution in [1.82, 2.24) is 13.7 Å². The van der Waals surface area contributed by atoms with Gasteiger partial charge in [0.15, 0.2) is 0 Å². The minimum atomic E-state index is 1.10. The van der Waals surface area contributed by atoms with E-state index < -0.39 is 0 Å². The first-order valence-corrected chi connectivity index (χ1v) is 18.4. The van der Waals surface area contributed by atoms with E-state index in [-0.39, 0.29) is 0 Å². The summed E-state index contributed by atoms with van der Waals surface area (Å²) in [4.78, 5) is 2.35. The van der Waals surface area contributed by atoms with E-state index >= 15 is 0 Å². The third kappa shape index (κ3) is 4.64. The van der Waals surface area contributed by atoms with E-state index in [1.165, 1.54) is 54.5 Å². The summed E-state index contributed by atoms with van der Waals surface area (Å²) in [6.07, 6.45) is 2.21. The molecule has 0 fully saturated rings. The fourth-order valence-corrected chi connectivity index (χ4v) is 8.49. The van der Waals surface area contributed by atoms with Gasteiger partial charge in [0.1, 0.15) is 0 Å². The van der Waals surface area contributed by atoms with Gasteiger partial charge in [0, 0.05) is 67.3 Å². The Kier molecular flexibility index (Phi) is 6.82. The lowest BCUT2D eigenvalue weighted by Crippen LogP contribution is -2.10. The normalized spacial score (nSPS) is 11.7. The molecule has 0 aliphatic rings. The molecule has 0 atom stereocenters. The fourth-order valence-electron chi connectivity index (χ4n) is 8.49.